The molecule has 0 heterocycles. The largest absolute Gasteiger partial charge is 0.310 e. The Kier molecular flexibility index (Phi) is 7.20. The van der Waals surface area contributed by atoms with Crippen molar-refractivity contribution in [3.8, 4) is 0 Å². The van der Waals surface area contributed by atoms with Crippen molar-refractivity contribution in [1.82, 2.24) is 4.90 Å². The highest BCUT2D eigenvalue weighted by Gasteiger charge is 2.22. The molecular formula is C12H27NSi. The Balaban J connectivity index is 4.32. The topological polar surface area (TPSA) is 3.24 Å². The summed E-state index contributed by atoms with van der Waals surface area (Å²) in [7, 11) is 3.83. The van der Waals surface area contributed by atoms with Gasteiger partial charge in [-0.2, -0.15) is 0 Å². The number of hydrogen-bond acceptors (Lipinski definition) is 1. The zero-order valence-electron chi connectivity index (χ0n) is 10.6. The summed E-state index contributed by atoms with van der Waals surface area (Å²) < 4.78 is 0. The van der Waals surface area contributed by atoms with E-state index in [2.05, 4.69) is 46.3 Å². The minimum atomic E-state index is -0.635. The third-order valence-corrected chi connectivity index (χ3v) is 7.21. The van der Waals surface area contributed by atoms with E-state index in [4.69, 9.17) is 0 Å². The van der Waals surface area contributed by atoms with E-state index < -0.39 is 8.80 Å². The van der Waals surface area contributed by atoms with Crippen LogP contribution in [0.3, 0.4) is 0 Å². The van der Waals surface area contributed by atoms with E-state index in [1.54, 1.807) is 0 Å². The zero-order chi connectivity index (χ0) is 11.1. The Labute approximate surface area is 91.8 Å². The minimum absolute atomic E-state index is 0.635. The first-order chi connectivity index (χ1) is 6.52. The van der Waals surface area contributed by atoms with Gasteiger partial charge in [0.15, 0.2) is 0 Å². The second kappa shape index (κ2) is 7.24. The van der Waals surface area contributed by atoms with Crippen molar-refractivity contribution in [2.75, 3.05) is 14.1 Å². The number of allylic oxidation sites excluding steroid dienone is 1. The van der Waals surface area contributed by atoms with Crippen LogP contribution in [0, 0.1) is 0 Å². The van der Waals surface area contributed by atoms with E-state index in [-0.39, 0.29) is 0 Å². The van der Waals surface area contributed by atoms with Crippen molar-refractivity contribution in [2.24, 2.45) is 0 Å². The fourth-order valence-electron chi connectivity index (χ4n) is 2.21. The van der Waals surface area contributed by atoms with E-state index in [1.165, 1.54) is 30.5 Å². The first kappa shape index (κ1) is 13.9. The molecule has 1 nitrogen and oxygen atoms in total. The molecule has 0 saturated heterocycles. The van der Waals surface area contributed by atoms with Gasteiger partial charge < -0.3 is 4.90 Å². The molecule has 2 unspecified atom stereocenters. The first-order valence-electron chi connectivity index (χ1n) is 5.83. The Bertz CT molecular complexity index is 166. The average molecular weight is 213 g/mol. The van der Waals surface area contributed by atoms with E-state index in [0.29, 0.717) is 0 Å². The smallest absolute Gasteiger partial charge is 0.0606 e. The van der Waals surface area contributed by atoms with Crippen molar-refractivity contribution in [2.45, 2.75) is 51.4 Å². The van der Waals surface area contributed by atoms with Gasteiger partial charge in [-0.25, -0.2) is 0 Å². The SMILES string of the molecule is C=C(C)C[SiH](CC)C(CCC)N(C)C. The molecule has 0 aromatic heterocycles. The van der Waals surface area contributed by atoms with Gasteiger partial charge in [0.2, 0.25) is 0 Å². The predicted octanol–water partition coefficient (Wildman–Crippen LogP) is 3.08. The first-order valence-corrected chi connectivity index (χ1v) is 8.13. The van der Waals surface area contributed by atoms with Crippen molar-refractivity contribution in [3.05, 3.63) is 12.2 Å². The molecule has 0 aliphatic heterocycles. The molecule has 0 N–H and O–H groups in total. The highest BCUT2D eigenvalue weighted by Crippen LogP contribution is 2.17. The maximum absolute atomic E-state index is 4.06. The van der Waals surface area contributed by atoms with Gasteiger partial charge in [-0.3, -0.25) is 0 Å². The second-order valence-corrected chi connectivity index (χ2v) is 8.16. The van der Waals surface area contributed by atoms with Crippen molar-refractivity contribution >= 4 is 8.80 Å². The van der Waals surface area contributed by atoms with Gasteiger partial charge >= 0.3 is 0 Å². The summed E-state index contributed by atoms with van der Waals surface area (Å²) in [6.45, 7) is 10.9. The maximum Gasteiger partial charge on any atom is 0.0606 e. The van der Waals surface area contributed by atoms with Gasteiger partial charge in [0.05, 0.1) is 8.80 Å². The normalized spacial score (nSPS) is 15.6. The van der Waals surface area contributed by atoms with Gasteiger partial charge in [0.25, 0.3) is 0 Å². The van der Waals surface area contributed by atoms with E-state index in [9.17, 15) is 0 Å². The molecule has 2 heteroatoms. The fraction of sp³-hybridized carbons (Fsp3) is 0.833. The standard InChI is InChI=1S/C12H27NSi/c1-7-9-12(13(5)6)14(8-2)10-11(3)4/h12,14H,3,7-10H2,1-2,4-6H3. The number of nitrogens with zero attached hydrogens (tertiary/aromatic N) is 1. The van der Waals surface area contributed by atoms with E-state index in [0.717, 1.165) is 5.67 Å². The van der Waals surface area contributed by atoms with Crippen molar-refractivity contribution in [1.29, 1.82) is 0 Å². The molecule has 0 saturated carbocycles. The highest BCUT2D eigenvalue weighted by molar-refractivity contribution is 6.61. The summed E-state index contributed by atoms with van der Waals surface area (Å²) in [5.41, 5.74) is 2.24. The lowest BCUT2D eigenvalue weighted by molar-refractivity contribution is 0.348. The monoisotopic (exact) mass is 213 g/mol. The summed E-state index contributed by atoms with van der Waals surface area (Å²) >= 11 is 0. The van der Waals surface area contributed by atoms with Crippen LogP contribution in [0.25, 0.3) is 0 Å². The Morgan fingerprint density at radius 2 is 1.93 bits per heavy atom. The van der Waals surface area contributed by atoms with Gasteiger partial charge in [-0.15, -0.1) is 6.58 Å². The Morgan fingerprint density at radius 3 is 2.21 bits per heavy atom. The zero-order valence-corrected chi connectivity index (χ0v) is 11.8. The van der Waals surface area contributed by atoms with Crippen LogP contribution >= 0.6 is 0 Å². The van der Waals surface area contributed by atoms with Gasteiger partial charge in [0.1, 0.15) is 0 Å². The second-order valence-electron chi connectivity index (χ2n) is 4.65. The molecule has 0 bridgehead atoms. The summed E-state index contributed by atoms with van der Waals surface area (Å²) in [6, 6.07) is 2.72. The van der Waals surface area contributed by atoms with E-state index in [1.807, 2.05) is 0 Å². The molecule has 0 aromatic carbocycles. The highest BCUT2D eigenvalue weighted by atomic mass is 28.3. The summed E-state index contributed by atoms with van der Waals surface area (Å²) in [4.78, 5) is 2.44. The molecular weight excluding hydrogens is 186 g/mol. The van der Waals surface area contributed by atoms with E-state index >= 15 is 0 Å². The fourth-order valence-corrected chi connectivity index (χ4v) is 5.86. The summed E-state index contributed by atoms with van der Waals surface area (Å²) in [5.74, 6) is 0. The van der Waals surface area contributed by atoms with Crippen LogP contribution in [-0.4, -0.2) is 33.5 Å². The van der Waals surface area contributed by atoms with Crippen LogP contribution in [0.4, 0.5) is 0 Å². The van der Waals surface area contributed by atoms with Crippen molar-refractivity contribution in [3.63, 3.8) is 0 Å². The molecule has 0 amide bonds. The molecule has 2 atom stereocenters. The molecule has 0 aromatic rings. The lowest BCUT2D eigenvalue weighted by atomic mass is 10.3. The Hall–Kier alpha value is -0.0831. The van der Waals surface area contributed by atoms with Crippen LogP contribution in [0.2, 0.25) is 12.1 Å². The van der Waals surface area contributed by atoms with Gasteiger partial charge in [0, 0.05) is 0 Å². The van der Waals surface area contributed by atoms with Crippen LogP contribution in [-0.2, 0) is 0 Å². The molecule has 0 aliphatic rings. The van der Waals surface area contributed by atoms with Crippen LogP contribution < -0.4 is 0 Å². The third kappa shape index (κ3) is 4.96. The number of rotatable bonds is 7. The summed E-state index contributed by atoms with van der Waals surface area (Å²) in [5, 5.41) is 0. The third-order valence-electron chi connectivity index (χ3n) is 2.93. The number of hydrogen-bond donors (Lipinski definition) is 0. The Morgan fingerprint density at radius 1 is 1.36 bits per heavy atom. The molecule has 0 aliphatic carbocycles. The van der Waals surface area contributed by atoms with Crippen LogP contribution in [0.5, 0.6) is 0 Å². The summed E-state index contributed by atoms with van der Waals surface area (Å²) in [6.07, 6.45) is 2.67. The van der Waals surface area contributed by atoms with Gasteiger partial charge in [-0.05, 0) is 39.1 Å². The van der Waals surface area contributed by atoms with Gasteiger partial charge in [-0.1, -0.05) is 31.9 Å². The average Bonchev–Trinajstić information content (AvgIpc) is 2.10. The molecule has 14 heavy (non-hydrogen) atoms. The molecule has 0 radical (unpaired) electrons. The molecule has 0 fully saturated rings. The maximum atomic E-state index is 4.06. The minimum Gasteiger partial charge on any atom is -0.310 e. The molecule has 0 spiro atoms. The lowest BCUT2D eigenvalue weighted by Gasteiger charge is -2.31. The molecule has 84 valence electrons. The van der Waals surface area contributed by atoms with Crippen LogP contribution in [0.1, 0.15) is 33.6 Å². The lowest BCUT2D eigenvalue weighted by Crippen LogP contribution is -2.41. The van der Waals surface area contributed by atoms with Crippen LogP contribution in [0.15, 0.2) is 12.2 Å². The predicted molar refractivity (Wildman–Crippen MR) is 69.6 cm³/mol. The quantitative estimate of drug-likeness (QED) is 0.464. The van der Waals surface area contributed by atoms with Crippen molar-refractivity contribution < 1.29 is 0 Å². The molecule has 0 rings (SSSR count).